The van der Waals surface area contributed by atoms with Gasteiger partial charge in [-0.2, -0.15) is 5.10 Å². The van der Waals surface area contributed by atoms with Gasteiger partial charge in [-0.05, 0) is 83.4 Å². The van der Waals surface area contributed by atoms with Crippen LogP contribution in [0.5, 0.6) is 0 Å². The molecule has 5 heteroatoms. The lowest BCUT2D eigenvalue weighted by Crippen LogP contribution is -2.33. The maximum absolute atomic E-state index is 12.2. The van der Waals surface area contributed by atoms with Crippen LogP contribution in [-0.2, 0) is 11.2 Å². The van der Waals surface area contributed by atoms with Gasteiger partial charge in [-0.3, -0.25) is 4.79 Å². The zero-order valence-corrected chi connectivity index (χ0v) is 18.2. The first kappa shape index (κ1) is 22.2. The monoisotopic (exact) mass is 384 g/mol. The van der Waals surface area contributed by atoms with Gasteiger partial charge in [0.2, 0.25) is 5.91 Å². The number of aryl methyl sites for hydroxylation is 3. The maximum Gasteiger partial charge on any atom is 0.220 e. The Hall–Kier alpha value is -2.14. The van der Waals surface area contributed by atoms with Crippen LogP contribution < -0.4 is 5.32 Å². The van der Waals surface area contributed by atoms with Crippen molar-refractivity contribution in [1.29, 1.82) is 0 Å². The third kappa shape index (κ3) is 6.79. The van der Waals surface area contributed by atoms with Gasteiger partial charge >= 0.3 is 0 Å². The Morgan fingerprint density at radius 3 is 2.43 bits per heavy atom. The Labute approximate surface area is 170 Å². The number of carbonyl (C=O) groups excluding carboxylic acids is 1. The van der Waals surface area contributed by atoms with Gasteiger partial charge in [0.1, 0.15) is 0 Å². The number of rotatable bonds is 11. The van der Waals surface area contributed by atoms with Crippen LogP contribution in [0.2, 0.25) is 0 Å². The van der Waals surface area contributed by atoms with Gasteiger partial charge in [-0.1, -0.05) is 26.0 Å². The molecule has 1 heterocycles. The van der Waals surface area contributed by atoms with Gasteiger partial charge in [-0.25, -0.2) is 4.68 Å². The average Bonchev–Trinajstić information content (AvgIpc) is 3.02. The largest absolute Gasteiger partial charge is 0.354 e. The predicted octanol–water partition coefficient (Wildman–Crippen LogP) is 4.05. The highest BCUT2D eigenvalue weighted by atomic mass is 16.1. The minimum absolute atomic E-state index is 0.137. The normalized spacial score (nSPS) is 12.4. The highest BCUT2D eigenvalue weighted by Gasteiger charge is 2.09. The third-order valence-corrected chi connectivity index (χ3v) is 5.24. The number of amides is 1. The minimum atomic E-state index is 0.137. The Bertz CT molecular complexity index is 732. The molecule has 1 amide bonds. The summed E-state index contributed by atoms with van der Waals surface area (Å²) in [5, 5.41) is 7.65. The molecule has 1 N–H and O–H groups in total. The van der Waals surface area contributed by atoms with E-state index in [0.29, 0.717) is 6.42 Å². The first-order valence-electron chi connectivity index (χ1n) is 10.6. The topological polar surface area (TPSA) is 50.2 Å². The third-order valence-electron chi connectivity index (χ3n) is 5.24. The quantitative estimate of drug-likeness (QED) is 0.636. The summed E-state index contributed by atoms with van der Waals surface area (Å²) in [7, 11) is 0. The summed E-state index contributed by atoms with van der Waals surface area (Å²) >= 11 is 0. The standard InChI is InChI=1S/C23H36N4O/c1-6-26(7-2)16-8-9-18(3)24-23(28)15-12-21-10-13-22(14-11-21)27-20(5)17-19(4)25-27/h10-11,13-14,17-18H,6-9,12,15-16H2,1-5H3,(H,24,28). The van der Waals surface area contributed by atoms with E-state index in [9.17, 15) is 4.79 Å². The molecule has 5 nitrogen and oxygen atoms in total. The molecule has 28 heavy (non-hydrogen) atoms. The van der Waals surface area contributed by atoms with Crippen molar-refractivity contribution >= 4 is 5.91 Å². The van der Waals surface area contributed by atoms with E-state index in [-0.39, 0.29) is 11.9 Å². The second-order valence-corrected chi connectivity index (χ2v) is 7.64. The van der Waals surface area contributed by atoms with Gasteiger partial charge in [0, 0.05) is 18.2 Å². The predicted molar refractivity (Wildman–Crippen MR) is 116 cm³/mol. The van der Waals surface area contributed by atoms with Crippen molar-refractivity contribution < 1.29 is 4.79 Å². The molecule has 2 rings (SSSR count). The van der Waals surface area contributed by atoms with E-state index in [1.165, 1.54) is 5.56 Å². The van der Waals surface area contributed by atoms with E-state index in [0.717, 1.165) is 56.0 Å². The van der Waals surface area contributed by atoms with Gasteiger partial charge in [0.05, 0.1) is 11.4 Å². The first-order valence-corrected chi connectivity index (χ1v) is 10.6. The van der Waals surface area contributed by atoms with Crippen LogP contribution in [0.3, 0.4) is 0 Å². The van der Waals surface area contributed by atoms with Crippen molar-refractivity contribution in [2.45, 2.75) is 66.3 Å². The Morgan fingerprint density at radius 2 is 1.86 bits per heavy atom. The lowest BCUT2D eigenvalue weighted by Gasteiger charge is -2.19. The summed E-state index contributed by atoms with van der Waals surface area (Å²) in [5.41, 5.74) is 4.37. The number of nitrogens with one attached hydrogen (secondary N) is 1. The Kier molecular flexibility index (Phi) is 8.71. The molecule has 0 saturated heterocycles. The Balaban J connectivity index is 1.74. The maximum atomic E-state index is 12.2. The molecule has 1 aromatic carbocycles. The summed E-state index contributed by atoms with van der Waals surface area (Å²) in [6.45, 7) is 13.8. The van der Waals surface area contributed by atoms with Crippen molar-refractivity contribution in [2.24, 2.45) is 0 Å². The van der Waals surface area contributed by atoms with Gasteiger partial charge < -0.3 is 10.2 Å². The smallest absolute Gasteiger partial charge is 0.220 e. The zero-order valence-electron chi connectivity index (χ0n) is 18.2. The molecule has 2 aromatic rings. The highest BCUT2D eigenvalue weighted by molar-refractivity contribution is 5.76. The molecule has 0 aliphatic rings. The number of benzene rings is 1. The van der Waals surface area contributed by atoms with E-state index in [4.69, 9.17) is 0 Å². The first-order chi connectivity index (χ1) is 13.4. The molecular weight excluding hydrogens is 348 g/mol. The fourth-order valence-electron chi connectivity index (χ4n) is 3.53. The highest BCUT2D eigenvalue weighted by Crippen LogP contribution is 2.14. The van der Waals surface area contributed by atoms with Crippen molar-refractivity contribution in [2.75, 3.05) is 19.6 Å². The van der Waals surface area contributed by atoms with E-state index < -0.39 is 0 Å². The summed E-state index contributed by atoms with van der Waals surface area (Å²) in [4.78, 5) is 14.7. The summed E-state index contributed by atoms with van der Waals surface area (Å²) in [5.74, 6) is 0.137. The molecule has 0 bridgehead atoms. The average molecular weight is 385 g/mol. The van der Waals surface area contributed by atoms with Crippen LogP contribution >= 0.6 is 0 Å². The van der Waals surface area contributed by atoms with E-state index in [1.807, 2.05) is 11.6 Å². The molecule has 1 aromatic heterocycles. The summed E-state index contributed by atoms with van der Waals surface area (Å²) in [6, 6.07) is 10.6. The molecule has 0 radical (unpaired) electrons. The second kappa shape index (κ2) is 11.0. The zero-order chi connectivity index (χ0) is 20.5. The van der Waals surface area contributed by atoms with Crippen LogP contribution in [0.15, 0.2) is 30.3 Å². The molecule has 0 spiro atoms. The van der Waals surface area contributed by atoms with Crippen molar-refractivity contribution in [3.63, 3.8) is 0 Å². The fourth-order valence-corrected chi connectivity index (χ4v) is 3.53. The molecule has 1 unspecified atom stereocenters. The van der Waals surface area contributed by atoms with Crippen LogP contribution in [0.4, 0.5) is 0 Å². The SMILES string of the molecule is CCN(CC)CCCC(C)NC(=O)CCc1ccc(-n2nc(C)cc2C)cc1. The van der Waals surface area contributed by atoms with Crippen LogP contribution in [0.25, 0.3) is 5.69 Å². The molecule has 0 saturated carbocycles. The number of nitrogens with zero attached hydrogens (tertiary/aromatic N) is 3. The van der Waals surface area contributed by atoms with Crippen LogP contribution in [0, 0.1) is 13.8 Å². The van der Waals surface area contributed by atoms with Crippen LogP contribution in [-0.4, -0.2) is 46.3 Å². The molecule has 0 fully saturated rings. The van der Waals surface area contributed by atoms with E-state index in [2.05, 4.69) is 73.3 Å². The van der Waals surface area contributed by atoms with Gasteiger partial charge in [-0.15, -0.1) is 0 Å². The van der Waals surface area contributed by atoms with E-state index in [1.54, 1.807) is 0 Å². The molecule has 154 valence electrons. The van der Waals surface area contributed by atoms with Gasteiger partial charge in [0.15, 0.2) is 0 Å². The minimum Gasteiger partial charge on any atom is -0.354 e. The van der Waals surface area contributed by atoms with Crippen molar-refractivity contribution in [3.8, 4) is 5.69 Å². The molecule has 0 aliphatic heterocycles. The number of hydrogen-bond acceptors (Lipinski definition) is 3. The summed E-state index contributed by atoms with van der Waals surface area (Å²) < 4.78 is 1.95. The van der Waals surface area contributed by atoms with E-state index >= 15 is 0 Å². The molecule has 1 atom stereocenters. The number of carbonyl (C=O) groups is 1. The number of hydrogen-bond donors (Lipinski definition) is 1. The van der Waals surface area contributed by atoms with Crippen LogP contribution in [0.1, 0.15) is 57.0 Å². The number of aromatic nitrogens is 2. The lowest BCUT2D eigenvalue weighted by molar-refractivity contribution is -0.121. The molecular formula is C23H36N4O. The fraction of sp³-hybridized carbons (Fsp3) is 0.565. The second-order valence-electron chi connectivity index (χ2n) is 7.64. The summed E-state index contributed by atoms with van der Waals surface area (Å²) in [6.07, 6.45) is 3.44. The lowest BCUT2D eigenvalue weighted by atomic mass is 10.1. The van der Waals surface area contributed by atoms with Crippen molar-refractivity contribution in [3.05, 3.63) is 47.3 Å². The molecule has 0 aliphatic carbocycles. The van der Waals surface area contributed by atoms with Crippen molar-refractivity contribution in [1.82, 2.24) is 20.0 Å². The van der Waals surface area contributed by atoms with Gasteiger partial charge in [0.25, 0.3) is 0 Å². The Morgan fingerprint density at radius 1 is 1.18 bits per heavy atom.